The van der Waals surface area contributed by atoms with Crippen molar-refractivity contribution in [2.24, 2.45) is 5.92 Å². The van der Waals surface area contributed by atoms with E-state index >= 15 is 0 Å². The second kappa shape index (κ2) is 5.95. The van der Waals surface area contributed by atoms with Crippen LogP contribution in [0, 0.1) is 5.92 Å². The third kappa shape index (κ3) is 2.82. The number of hydrogen-bond acceptors (Lipinski definition) is 4. The maximum Gasteiger partial charge on any atom is 0.156 e. The number of sulfone groups is 1. The summed E-state index contributed by atoms with van der Waals surface area (Å²) in [5, 5.41) is -0.173. The van der Waals surface area contributed by atoms with Crippen molar-refractivity contribution in [3.8, 4) is 0 Å². The Balaban J connectivity index is 1.77. The predicted octanol–water partition coefficient (Wildman–Crippen LogP) is 1.41. The molecule has 3 rings (SSSR count). The molecule has 2 heterocycles. The van der Waals surface area contributed by atoms with Gasteiger partial charge in [0.2, 0.25) is 0 Å². The molecule has 0 saturated carbocycles. The van der Waals surface area contributed by atoms with E-state index in [1.165, 1.54) is 11.1 Å². The molecule has 0 spiro atoms. The van der Waals surface area contributed by atoms with Crippen molar-refractivity contribution < 1.29 is 8.42 Å². The van der Waals surface area contributed by atoms with Gasteiger partial charge in [-0.05, 0) is 31.6 Å². The molecule has 0 amide bonds. The molecule has 5 heteroatoms. The molecule has 1 aromatic carbocycles. The standard InChI is InChI=1S/C17H26N2O2S/c1-4-13-7-5-6-8-14(13)9-19-10-15-16(18(2)3)12-22(20,21)17(15)11-19/h5-8,15-17H,4,9-12H2,1-3H3/t15-,16+,17-/m0/s1. The van der Waals surface area contributed by atoms with E-state index in [0.29, 0.717) is 12.3 Å². The van der Waals surface area contributed by atoms with Gasteiger partial charge in [-0.2, -0.15) is 0 Å². The zero-order valence-corrected chi connectivity index (χ0v) is 14.5. The first-order chi connectivity index (χ1) is 10.4. The van der Waals surface area contributed by atoms with E-state index in [9.17, 15) is 8.42 Å². The number of aryl methyl sites for hydroxylation is 1. The van der Waals surface area contributed by atoms with Crippen molar-refractivity contribution in [1.82, 2.24) is 9.80 Å². The van der Waals surface area contributed by atoms with Gasteiger partial charge in [0.25, 0.3) is 0 Å². The lowest BCUT2D eigenvalue weighted by Gasteiger charge is -2.25. The highest BCUT2D eigenvalue weighted by atomic mass is 32.2. The minimum atomic E-state index is -2.94. The number of hydrogen-bond donors (Lipinski definition) is 0. The maximum atomic E-state index is 12.4. The molecule has 2 fully saturated rings. The Morgan fingerprint density at radius 3 is 2.50 bits per heavy atom. The summed E-state index contributed by atoms with van der Waals surface area (Å²) in [6.45, 7) is 4.62. The van der Waals surface area contributed by atoms with Gasteiger partial charge in [0.05, 0.1) is 11.0 Å². The Hall–Kier alpha value is -0.910. The van der Waals surface area contributed by atoms with Crippen LogP contribution in [0.2, 0.25) is 0 Å². The predicted molar refractivity (Wildman–Crippen MR) is 89.6 cm³/mol. The highest BCUT2D eigenvalue weighted by Crippen LogP contribution is 2.36. The van der Waals surface area contributed by atoms with Crippen molar-refractivity contribution in [2.75, 3.05) is 32.9 Å². The molecular formula is C17H26N2O2S. The summed E-state index contributed by atoms with van der Waals surface area (Å²) in [6.07, 6.45) is 1.02. The average Bonchev–Trinajstić information content (AvgIpc) is 2.99. The van der Waals surface area contributed by atoms with Crippen molar-refractivity contribution in [3.05, 3.63) is 35.4 Å². The molecule has 0 N–H and O–H groups in total. The highest BCUT2D eigenvalue weighted by molar-refractivity contribution is 7.92. The second-order valence-corrected chi connectivity index (χ2v) is 9.14. The maximum absolute atomic E-state index is 12.4. The van der Waals surface area contributed by atoms with Crippen LogP contribution in [0.15, 0.2) is 24.3 Å². The Morgan fingerprint density at radius 1 is 1.18 bits per heavy atom. The van der Waals surface area contributed by atoms with Crippen LogP contribution in [-0.4, -0.2) is 62.4 Å². The van der Waals surface area contributed by atoms with E-state index in [1.807, 2.05) is 14.1 Å². The zero-order chi connectivity index (χ0) is 15.9. The first-order valence-electron chi connectivity index (χ1n) is 8.09. The number of likely N-dealkylation sites (tertiary alicyclic amines) is 1. The second-order valence-electron chi connectivity index (χ2n) is 6.88. The zero-order valence-electron chi connectivity index (χ0n) is 13.7. The topological polar surface area (TPSA) is 40.6 Å². The van der Waals surface area contributed by atoms with Crippen molar-refractivity contribution in [3.63, 3.8) is 0 Å². The summed E-state index contributed by atoms with van der Waals surface area (Å²) in [5.41, 5.74) is 2.70. The fourth-order valence-corrected chi connectivity index (χ4v) is 6.58. The van der Waals surface area contributed by atoms with Crippen molar-refractivity contribution in [2.45, 2.75) is 31.2 Å². The molecule has 22 heavy (non-hydrogen) atoms. The summed E-state index contributed by atoms with van der Waals surface area (Å²) >= 11 is 0. The summed E-state index contributed by atoms with van der Waals surface area (Å²) in [4.78, 5) is 4.42. The van der Waals surface area contributed by atoms with Crippen LogP contribution >= 0.6 is 0 Å². The third-order valence-corrected chi connectivity index (χ3v) is 7.53. The van der Waals surface area contributed by atoms with Gasteiger partial charge in [-0.1, -0.05) is 31.2 Å². The fourth-order valence-electron chi connectivity index (χ4n) is 4.07. The lowest BCUT2D eigenvalue weighted by atomic mass is 10.00. The van der Waals surface area contributed by atoms with Crippen LogP contribution in [0.3, 0.4) is 0 Å². The van der Waals surface area contributed by atoms with E-state index in [0.717, 1.165) is 19.5 Å². The van der Waals surface area contributed by atoms with Crippen LogP contribution in [0.25, 0.3) is 0 Å². The van der Waals surface area contributed by atoms with E-state index in [4.69, 9.17) is 0 Å². The lowest BCUT2D eigenvalue weighted by molar-refractivity contribution is 0.229. The third-order valence-electron chi connectivity index (χ3n) is 5.30. The number of benzene rings is 1. The minimum Gasteiger partial charge on any atom is -0.305 e. The molecule has 2 saturated heterocycles. The van der Waals surface area contributed by atoms with Gasteiger partial charge >= 0.3 is 0 Å². The largest absolute Gasteiger partial charge is 0.305 e. The molecule has 2 aliphatic heterocycles. The quantitative estimate of drug-likeness (QED) is 0.840. The molecule has 0 unspecified atom stereocenters. The molecule has 4 nitrogen and oxygen atoms in total. The van der Waals surface area contributed by atoms with Gasteiger partial charge in [0.1, 0.15) is 0 Å². The van der Waals surface area contributed by atoms with Crippen molar-refractivity contribution >= 4 is 9.84 Å². The Bertz CT molecular complexity index is 642. The van der Waals surface area contributed by atoms with Crippen LogP contribution in [0.4, 0.5) is 0 Å². The molecular weight excluding hydrogens is 296 g/mol. The Morgan fingerprint density at radius 2 is 1.86 bits per heavy atom. The molecule has 0 aromatic heterocycles. The van der Waals surface area contributed by atoms with Gasteiger partial charge in [-0.25, -0.2) is 8.42 Å². The highest BCUT2D eigenvalue weighted by Gasteiger charge is 2.52. The minimum absolute atomic E-state index is 0.168. The molecule has 0 bridgehead atoms. The first-order valence-corrected chi connectivity index (χ1v) is 9.81. The van der Waals surface area contributed by atoms with E-state index in [1.54, 1.807) is 0 Å². The molecule has 0 radical (unpaired) electrons. The Kier molecular flexibility index (Phi) is 4.32. The van der Waals surface area contributed by atoms with Crippen LogP contribution in [0.1, 0.15) is 18.1 Å². The summed E-state index contributed by atoms with van der Waals surface area (Å²) in [7, 11) is 1.05. The molecule has 2 aliphatic rings. The van der Waals surface area contributed by atoms with Crippen LogP contribution in [0.5, 0.6) is 0 Å². The number of rotatable bonds is 4. The van der Waals surface area contributed by atoms with Crippen molar-refractivity contribution in [1.29, 1.82) is 0 Å². The fraction of sp³-hybridized carbons (Fsp3) is 0.647. The van der Waals surface area contributed by atoms with Gasteiger partial charge in [0.15, 0.2) is 9.84 Å². The normalized spacial score (nSPS) is 30.8. The lowest BCUT2D eigenvalue weighted by Crippen LogP contribution is -2.37. The summed E-state index contributed by atoms with van der Waals surface area (Å²) in [5.74, 6) is 0.586. The first kappa shape index (κ1) is 16.0. The number of fused-ring (bicyclic) bond motifs is 1. The van der Waals surface area contributed by atoms with E-state index in [2.05, 4.69) is 41.0 Å². The van der Waals surface area contributed by atoms with E-state index in [-0.39, 0.29) is 17.2 Å². The van der Waals surface area contributed by atoms with Gasteiger partial charge < -0.3 is 4.90 Å². The summed E-state index contributed by atoms with van der Waals surface area (Å²) in [6, 6.07) is 8.66. The SMILES string of the molecule is CCc1ccccc1CN1C[C@H]2[C@H](N(C)C)CS(=O)(=O)[C@H]2C1. The molecule has 0 aliphatic carbocycles. The monoisotopic (exact) mass is 322 g/mol. The van der Waals surface area contributed by atoms with Crippen LogP contribution < -0.4 is 0 Å². The molecule has 3 atom stereocenters. The van der Waals surface area contributed by atoms with E-state index < -0.39 is 9.84 Å². The number of nitrogens with zero attached hydrogens (tertiary/aromatic N) is 2. The molecule has 122 valence electrons. The van der Waals surface area contributed by atoms with Gasteiger partial charge in [0, 0.05) is 31.6 Å². The van der Waals surface area contributed by atoms with Crippen LogP contribution in [-0.2, 0) is 22.8 Å². The Labute approximate surface area is 134 Å². The van der Waals surface area contributed by atoms with Gasteiger partial charge in [-0.15, -0.1) is 0 Å². The summed E-state index contributed by atoms with van der Waals surface area (Å²) < 4.78 is 24.9. The molecule has 1 aromatic rings. The average molecular weight is 322 g/mol. The smallest absolute Gasteiger partial charge is 0.156 e. The van der Waals surface area contributed by atoms with Gasteiger partial charge in [-0.3, -0.25) is 4.90 Å².